The van der Waals surface area contributed by atoms with Gasteiger partial charge in [-0.05, 0) is 54.8 Å². The zero-order valence-electron chi connectivity index (χ0n) is 13.2. The van der Waals surface area contributed by atoms with Gasteiger partial charge in [0.25, 0.3) is 0 Å². The predicted octanol–water partition coefficient (Wildman–Crippen LogP) is 2.95. The van der Waals surface area contributed by atoms with Crippen molar-refractivity contribution in [1.29, 1.82) is 0 Å². The Hall–Kier alpha value is -1.64. The molecule has 0 radical (unpaired) electrons. The summed E-state index contributed by atoms with van der Waals surface area (Å²) < 4.78 is 0. The first-order valence-corrected chi connectivity index (χ1v) is 8.39. The summed E-state index contributed by atoms with van der Waals surface area (Å²) in [5, 5.41) is 3.65. The van der Waals surface area contributed by atoms with Crippen LogP contribution >= 0.6 is 0 Å². The predicted molar refractivity (Wildman–Crippen MR) is 92.9 cm³/mol. The molecule has 2 heteroatoms. The smallest absolute Gasteiger partial charge is 0.0193 e. The van der Waals surface area contributed by atoms with Crippen LogP contribution in [-0.2, 0) is 19.3 Å². The molecule has 1 aliphatic carbocycles. The van der Waals surface area contributed by atoms with Crippen LogP contribution in [0.3, 0.4) is 0 Å². The number of hydrogen-bond acceptors (Lipinski definition) is 2. The molecule has 22 heavy (non-hydrogen) atoms. The third-order valence-corrected chi connectivity index (χ3v) is 4.73. The highest BCUT2D eigenvalue weighted by atomic mass is 14.9. The summed E-state index contributed by atoms with van der Waals surface area (Å²) in [5.41, 5.74) is 10.4. The number of rotatable bonds is 7. The van der Waals surface area contributed by atoms with Gasteiger partial charge in [-0.2, -0.15) is 0 Å². The Bertz CT molecular complexity index is 554. The van der Waals surface area contributed by atoms with Crippen LogP contribution < -0.4 is 11.1 Å². The molecule has 0 aromatic heterocycles. The number of hydrogen-bond donors (Lipinski definition) is 2. The average Bonchev–Trinajstić information content (AvgIpc) is 2.97. The molecule has 1 aliphatic rings. The van der Waals surface area contributed by atoms with Gasteiger partial charge in [0.05, 0.1) is 0 Å². The topological polar surface area (TPSA) is 38.0 Å². The monoisotopic (exact) mass is 294 g/mol. The van der Waals surface area contributed by atoms with E-state index in [0.717, 1.165) is 25.4 Å². The average molecular weight is 294 g/mol. The molecule has 2 aromatic carbocycles. The Balaban J connectivity index is 1.45. The molecule has 1 atom stereocenters. The van der Waals surface area contributed by atoms with Crippen molar-refractivity contribution in [1.82, 2.24) is 5.32 Å². The van der Waals surface area contributed by atoms with Gasteiger partial charge in [0.2, 0.25) is 0 Å². The van der Waals surface area contributed by atoms with Crippen LogP contribution in [0.2, 0.25) is 0 Å². The molecule has 0 saturated heterocycles. The third kappa shape index (κ3) is 3.96. The maximum absolute atomic E-state index is 5.97. The van der Waals surface area contributed by atoms with E-state index in [1.165, 1.54) is 36.0 Å². The molecule has 0 saturated carbocycles. The molecule has 0 heterocycles. The zero-order valence-corrected chi connectivity index (χ0v) is 13.2. The van der Waals surface area contributed by atoms with Gasteiger partial charge in [0.15, 0.2) is 0 Å². The number of benzene rings is 2. The van der Waals surface area contributed by atoms with Gasteiger partial charge in [-0.25, -0.2) is 0 Å². The molecule has 0 fully saturated rings. The Morgan fingerprint density at radius 2 is 1.59 bits per heavy atom. The van der Waals surface area contributed by atoms with Gasteiger partial charge in [0.1, 0.15) is 0 Å². The van der Waals surface area contributed by atoms with Crippen molar-refractivity contribution in [2.75, 3.05) is 13.1 Å². The molecule has 0 aliphatic heterocycles. The summed E-state index contributed by atoms with van der Waals surface area (Å²) in [6.45, 7) is 1.73. The van der Waals surface area contributed by atoms with Crippen molar-refractivity contribution < 1.29 is 0 Å². The molecule has 0 bridgehead atoms. The molecule has 0 amide bonds. The molecule has 2 aromatic rings. The van der Waals surface area contributed by atoms with E-state index in [9.17, 15) is 0 Å². The highest BCUT2D eigenvalue weighted by Gasteiger charge is 2.23. The van der Waals surface area contributed by atoms with E-state index in [-0.39, 0.29) is 0 Å². The minimum atomic E-state index is 0.433. The molecule has 0 spiro atoms. The van der Waals surface area contributed by atoms with Crippen molar-refractivity contribution in [2.45, 2.75) is 31.7 Å². The van der Waals surface area contributed by atoms with E-state index in [1.54, 1.807) is 0 Å². The van der Waals surface area contributed by atoms with E-state index < -0.39 is 0 Å². The van der Waals surface area contributed by atoms with Gasteiger partial charge in [-0.3, -0.25) is 0 Å². The van der Waals surface area contributed by atoms with Crippen LogP contribution in [0.25, 0.3) is 0 Å². The van der Waals surface area contributed by atoms with E-state index >= 15 is 0 Å². The summed E-state index contributed by atoms with van der Waals surface area (Å²) in [7, 11) is 0. The fourth-order valence-corrected chi connectivity index (χ4v) is 3.55. The second-order valence-electron chi connectivity index (χ2n) is 6.40. The minimum Gasteiger partial charge on any atom is -0.329 e. The number of fused-ring (bicyclic) bond motifs is 1. The first-order valence-electron chi connectivity index (χ1n) is 8.39. The van der Waals surface area contributed by atoms with E-state index in [2.05, 4.69) is 59.9 Å². The summed E-state index contributed by atoms with van der Waals surface area (Å²) in [4.78, 5) is 0. The number of nitrogens with one attached hydrogen (secondary N) is 1. The lowest BCUT2D eigenvalue weighted by Crippen LogP contribution is -2.39. The van der Waals surface area contributed by atoms with Gasteiger partial charge < -0.3 is 11.1 Å². The Morgan fingerprint density at radius 1 is 0.955 bits per heavy atom. The van der Waals surface area contributed by atoms with Gasteiger partial charge in [0, 0.05) is 12.6 Å². The largest absolute Gasteiger partial charge is 0.329 e. The summed E-state index contributed by atoms with van der Waals surface area (Å²) in [5.74, 6) is 0.746. The molecule has 1 unspecified atom stereocenters. The van der Waals surface area contributed by atoms with Crippen molar-refractivity contribution in [3.63, 3.8) is 0 Å². The summed E-state index contributed by atoms with van der Waals surface area (Å²) in [6.07, 6.45) is 4.68. The minimum absolute atomic E-state index is 0.433. The molecular formula is C20H26N2. The standard InChI is InChI=1S/C20H26N2/c21-15-20(22-11-10-16-6-2-1-3-7-16)14-17-12-18-8-4-5-9-19(18)13-17/h1-9,17,20,22H,10-15,21H2. The third-order valence-electron chi connectivity index (χ3n) is 4.73. The fraction of sp³-hybridized carbons (Fsp3) is 0.400. The Kier molecular flexibility index (Phi) is 5.25. The zero-order chi connectivity index (χ0) is 15.2. The molecule has 2 nitrogen and oxygen atoms in total. The normalized spacial score (nSPS) is 15.7. The van der Waals surface area contributed by atoms with E-state index in [1.807, 2.05) is 0 Å². The number of nitrogens with two attached hydrogens (primary N) is 1. The van der Waals surface area contributed by atoms with Crippen molar-refractivity contribution in [2.24, 2.45) is 11.7 Å². The highest BCUT2D eigenvalue weighted by Crippen LogP contribution is 2.29. The highest BCUT2D eigenvalue weighted by molar-refractivity contribution is 5.32. The first kappa shape index (κ1) is 15.3. The van der Waals surface area contributed by atoms with Gasteiger partial charge in [-0.15, -0.1) is 0 Å². The van der Waals surface area contributed by atoms with Crippen LogP contribution in [0.4, 0.5) is 0 Å². The van der Waals surface area contributed by atoms with Crippen LogP contribution in [0.1, 0.15) is 23.1 Å². The lowest BCUT2D eigenvalue weighted by Gasteiger charge is -2.20. The molecule has 116 valence electrons. The second-order valence-corrected chi connectivity index (χ2v) is 6.40. The van der Waals surface area contributed by atoms with Crippen LogP contribution in [0, 0.1) is 5.92 Å². The molecule has 3 N–H and O–H groups in total. The second kappa shape index (κ2) is 7.57. The summed E-state index contributed by atoms with van der Waals surface area (Å²) >= 11 is 0. The van der Waals surface area contributed by atoms with Gasteiger partial charge >= 0.3 is 0 Å². The fourth-order valence-electron chi connectivity index (χ4n) is 3.55. The van der Waals surface area contributed by atoms with Crippen LogP contribution in [0.5, 0.6) is 0 Å². The molecular weight excluding hydrogens is 268 g/mol. The van der Waals surface area contributed by atoms with Crippen LogP contribution in [0.15, 0.2) is 54.6 Å². The first-order chi connectivity index (χ1) is 10.8. The van der Waals surface area contributed by atoms with E-state index in [0.29, 0.717) is 6.04 Å². The lowest BCUT2D eigenvalue weighted by molar-refractivity contribution is 0.397. The molecule has 3 rings (SSSR count). The van der Waals surface area contributed by atoms with Crippen molar-refractivity contribution in [3.8, 4) is 0 Å². The van der Waals surface area contributed by atoms with Crippen LogP contribution in [-0.4, -0.2) is 19.1 Å². The van der Waals surface area contributed by atoms with Gasteiger partial charge in [-0.1, -0.05) is 54.6 Å². The quantitative estimate of drug-likeness (QED) is 0.824. The summed E-state index contributed by atoms with van der Waals surface area (Å²) in [6, 6.07) is 19.9. The Morgan fingerprint density at radius 3 is 2.23 bits per heavy atom. The van der Waals surface area contributed by atoms with Crippen molar-refractivity contribution >= 4 is 0 Å². The van der Waals surface area contributed by atoms with Crippen molar-refractivity contribution in [3.05, 3.63) is 71.3 Å². The lowest BCUT2D eigenvalue weighted by atomic mass is 9.96. The van der Waals surface area contributed by atoms with E-state index in [4.69, 9.17) is 5.73 Å². The maximum Gasteiger partial charge on any atom is 0.0193 e. The Labute approximate surface area is 133 Å². The maximum atomic E-state index is 5.97. The SMILES string of the molecule is NCC(CC1Cc2ccccc2C1)NCCc1ccccc1.